The Morgan fingerprint density at radius 1 is 1.40 bits per heavy atom. The van der Waals surface area contributed by atoms with Gasteiger partial charge in [0.25, 0.3) is 0 Å². The van der Waals surface area contributed by atoms with Gasteiger partial charge < -0.3 is 0 Å². The summed E-state index contributed by atoms with van der Waals surface area (Å²) < 4.78 is 0. The molecule has 54 valence electrons. The Hall–Kier alpha value is -0.620. The second-order valence-corrected chi connectivity index (χ2v) is 3.43. The van der Waals surface area contributed by atoms with Crippen LogP contribution in [0.15, 0.2) is 4.99 Å². The first-order valence-electron chi connectivity index (χ1n) is 3.96. The Morgan fingerprint density at radius 3 is 2.40 bits per heavy atom. The molecule has 2 rings (SSSR count). The average Bonchev–Trinajstić information content (AvgIpc) is 2.60. The molecule has 2 saturated carbocycles. The normalized spacial score (nSPS) is 28.4. The van der Waals surface area contributed by atoms with Crippen molar-refractivity contribution in [2.45, 2.75) is 37.6 Å². The van der Waals surface area contributed by atoms with Crippen molar-refractivity contribution >= 4 is 6.08 Å². The smallest absolute Gasteiger partial charge is 0.211 e. The summed E-state index contributed by atoms with van der Waals surface area (Å²) in [6.07, 6.45) is 7.79. The molecule has 2 heteroatoms. The van der Waals surface area contributed by atoms with Crippen LogP contribution in [0.2, 0.25) is 0 Å². The lowest BCUT2D eigenvalue weighted by molar-refractivity contribution is 0.216. The highest BCUT2D eigenvalue weighted by molar-refractivity contribution is 5.36. The first-order chi connectivity index (χ1) is 4.87. The van der Waals surface area contributed by atoms with Crippen LogP contribution in [-0.4, -0.2) is 11.6 Å². The van der Waals surface area contributed by atoms with E-state index in [0.717, 1.165) is 18.8 Å². The molecule has 0 bridgehead atoms. The topological polar surface area (TPSA) is 29.4 Å². The minimum absolute atomic E-state index is 0.0851. The molecule has 0 atom stereocenters. The zero-order chi connectivity index (χ0) is 7.03. The number of aliphatic imine (C=N–C) groups is 1. The predicted octanol–water partition coefficient (Wildman–Crippen LogP) is 1.65. The van der Waals surface area contributed by atoms with Crippen molar-refractivity contribution in [2.24, 2.45) is 10.9 Å². The summed E-state index contributed by atoms with van der Waals surface area (Å²) >= 11 is 0. The molecule has 0 aromatic carbocycles. The SMILES string of the molecule is O=C=NC1(C2CC2)CCC1. The van der Waals surface area contributed by atoms with Crippen LogP contribution in [-0.2, 0) is 4.79 Å². The Bertz CT molecular complexity index is 185. The fourth-order valence-electron chi connectivity index (χ4n) is 1.86. The first-order valence-corrected chi connectivity index (χ1v) is 3.96. The van der Waals surface area contributed by atoms with Gasteiger partial charge in [-0.2, -0.15) is 4.99 Å². The molecule has 0 N–H and O–H groups in total. The van der Waals surface area contributed by atoms with Crippen LogP contribution < -0.4 is 0 Å². The summed E-state index contributed by atoms with van der Waals surface area (Å²) in [5.74, 6) is 0.739. The van der Waals surface area contributed by atoms with Gasteiger partial charge >= 0.3 is 0 Å². The maximum Gasteiger partial charge on any atom is 0.235 e. The fraction of sp³-hybridized carbons (Fsp3) is 0.875. The zero-order valence-corrected chi connectivity index (χ0v) is 5.97. The van der Waals surface area contributed by atoms with Gasteiger partial charge in [-0.05, 0) is 38.0 Å². The second kappa shape index (κ2) is 1.93. The Kier molecular flexibility index (Phi) is 1.18. The van der Waals surface area contributed by atoms with Gasteiger partial charge in [-0.1, -0.05) is 0 Å². The Morgan fingerprint density at radius 2 is 2.10 bits per heavy atom. The lowest BCUT2D eigenvalue weighted by Crippen LogP contribution is -2.37. The third kappa shape index (κ3) is 0.723. The van der Waals surface area contributed by atoms with Crippen LogP contribution in [0.1, 0.15) is 32.1 Å². The lowest BCUT2D eigenvalue weighted by atomic mass is 9.74. The largest absolute Gasteiger partial charge is 0.235 e. The van der Waals surface area contributed by atoms with E-state index >= 15 is 0 Å². The van der Waals surface area contributed by atoms with E-state index < -0.39 is 0 Å². The molecule has 2 aliphatic rings. The average molecular weight is 137 g/mol. The molecular weight excluding hydrogens is 126 g/mol. The summed E-state index contributed by atoms with van der Waals surface area (Å²) in [6.45, 7) is 0. The van der Waals surface area contributed by atoms with Gasteiger partial charge in [0.1, 0.15) is 0 Å². The highest BCUT2D eigenvalue weighted by Crippen LogP contribution is 2.52. The molecule has 0 saturated heterocycles. The fourth-order valence-corrected chi connectivity index (χ4v) is 1.86. The standard InChI is InChI=1S/C8H11NO/c10-6-9-8(4-1-5-8)7-2-3-7/h7H,1-5H2. The van der Waals surface area contributed by atoms with E-state index in [0.29, 0.717) is 0 Å². The van der Waals surface area contributed by atoms with Crippen LogP contribution >= 0.6 is 0 Å². The van der Waals surface area contributed by atoms with Crippen molar-refractivity contribution in [1.82, 2.24) is 0 Å². The quantitative estimate of drug-likeness (QED) is 0.420. The van der Waals surface area contributed by atoms with Gasteiger partial charge in [-0.25, -0.2) is 4.79 Å². The third-order valence-electron chi connectivity index (χ3n) is 2.82. The van der Waals surface area contributed by atoms with Crippen molar-refractivity contribution in [3.05, 3.63) is 0 Å². The number of hydrogen-bond donors (Lipinski definition) is 0. The molecule has 0 aromatic heterocycles. The maximum absolute atomic E-state index is 10.1. The van der Waals surface area contributed by atoms with Gasteiger partial charge in [0.2, 0.25) is 6.08 Å². The Labute approximate surface area is 60.3 Å². The van der Waals surface area contributed by atoms with Crippen LogP contribution in [0.25, 0.3) is 0 Å². The summed E-state index contributed by atoms with van der Waals surface area (Å²) in [4.78, 5) is 14.0. The van der Waals surface area contributed by atoms with Crippen molar-refractivity contribution in [2.75, 3.05) is 0 Å². The molecule has 10 heavy (non-hydrogen) atoms. The molecule has 0 radical (unpaired) electrons. The van der Waals surface area contributed by atoms with Crippen molar-refractivity contribution in [3.63, 3.8) is 0 Å². The molecule has 2 nitrogen and oxygen atoms in total. The number of nitrogens with zero attached hydrogens (tertiary/aromatic N) is 1. The molecule has 0 aromatic rings. The summed E-state index contributed by atoms with van der Waals surface area (Å²) in [6, 6.07) is 0. The maximum atomic E-state index is 10.1. The van der Waals surface area contributed by atoms with Crippen LogP contribution in [0.5, 0.6) is 0 Å². The van der Waals surface area contributed by atoms with Crippen LogP contribution in [0.4, 0.5) is 0 Å². The predicted molar refractivity (Wildman–Crippen MR) is 37.4 cm³/mol. The molecular formula is C8H11NO. The summed E-state index contributed by atoms with van der Waals surface area (Å²) in [7, 11) is 0. The first kappa shape index (κ1) is 6.11. The van der Waals surface area contributed by atoms with Crippen molar-refractivity contribution in [3.8, 4) is 0 Å². The molecule has 0 amide bonds. The van der Waals surface area contributed by atoms with Crippen molar-refractivity contribution in [1.29, 1.82) is 0 Å². The monoisotopic (exact) mass is 137 g/mol. The van der Waals surface area contributed by atoms with Gasteiger partial charge in [0, 0.05) is 0 Å². The second-order valence-electron chi connectivity index (χ2n) is 3.43. The molecule has 0 aliphatic heterocycles. The van der Waals surface area contributed by atoms with E-state index in [9.17, 15) is 4.79 Å². The minimum Gasteiger partial charge on any atom is -0.211 e. The number of hydrogen-bond acceptors (Lipinski definition) is 2. The molecule has 0 unspecified atom stereocenters. The van der Waals surface area contributed by atoms with E-state index in [-0.39, 0.29) is 5.54 Å². The zero-order valence-electron chi connectivity index (χ0n) is 5.97. The van der Waals surface area contributed by atoms with E-state index in [4.69, 9.17) is 0 Å². The highest BCUT2D eigenvalue weighted by Gasteiger charge is 2.49. The van der Waals surface area contributed by atoms with E-state index in [1.165, 1.54) is 19.3 Å². The van der Waals surface area contributed by atoms with E-state index in [1.807, 2.05) is 0 Å². The molecule has 2 fully saturated rings. The van der Waals surface area contributed by atoms with Crippen molar-refractivity contribution < 1.29 is 4.79 Å². The van der Waals surface area contributed by atoms with Gasteiger partial charge in [0.15, 0.2) is 0 Å². The number of carbonyl (C=O) groups excluding carboxylic acids is 1. The van der Waals surface area contributed by atoms with E-state index in [2.05, 4.69) is 4.99 Å². The minimum atomic E-state index is 0.0851. The summed E-state index contributed by atoms with van der Waals surface area (Å²) in [5, 5.41) is 0. The van der Waals surface area contributed by atoms with Gasteiger partial charge in [-0.15, -0.1) is 0 Å². The number of rotatable bonds is 2. The van der Waals surface area contributed by atoms with E-state index in [1.54, 1.807) is 6.08 Å². The van der Waals surface area contributed by atoms with Crippen LogP contribution in [0, 0.1) is 5.92 Å². The lowest BCUT2D eigenvalue weighted by Gasteiger charge is -2.36. The molecule has 2 aliphatic carbocycles. The Balaban J connectivity index is 2.12. The molecule has 0 spiro atoms. The number of isocyanates is 1. The third-order valence-corrected chi connectivity index (χ3v) is 2.82. The van der Waals surface area contributed by atoms with Gasteiger partial charge in [0.05, 0.1) is 5.54 Å². The summed E-state index contributed by atoms with van der Waals surface area (Å²) in [5.41, 5.74) is 0.0851. The van der Waals surface area contributed by atoms with Crippen LogP contribution in [0.3, 0.4) is 0 Å². The molecule has 0 heterocycles. The highest BCUT2D eigenvalue weighted by atomic mass is 16.1. The van der Waals surface area contributed by atoms with Gasteiger partial charge in [-0.3, -0.25) is 0 Å².